The summed E-state index contributed by atoms with van der Waals surface area (Å²) in [5, 5.41) is 49.7. The lowest BCUT2D eigenvalue weighted by atomic mass is 9.79. The van der Waals surface area contributed by atoms with Crippen molar-refractivity contribution in [3.05, 3.63) is 23.3 Å². The molecule has 1 aromatic carbocycles. The molecule has 4 atom stereocenters. The van der Waals surface area contributed by atoms with Crippen LogP contribution in [0.1, 0.15) is 22.8 Å². The van der Waals surface area contributed by atoms with Crippen LogP contribution in [-0.2, 0) is 9.68 Å². The highest BCUT2D eigenvalue weighted by Crippen LogP contribution is 2.48. The zero-order valence-corrected chi connectivity index (χ0v) is 13.9. The highest BCUT2D eigenvalue weighted by molar-refractivity contribution is 6.07. The zero-order chi connectivity index (χ0) is 19.9. The third-order valence-electron chi connectivity index (χ3n) is 4.32. The van der Waals surface area contributed by atoms with Crippen LogP contribution >= 0.6 is 0 Å². The first-order valence-corrected chi connectivity index (χ1v) is 7.81. The molecule has 6 N–H and O–H groups in total. The van der Waals surface area contributed by atoms with Gasteiger partial charge < -0.3 is 40.1 Å². The number of aliphatic hydroxyl groups is 3. The van der Waals surface area contributed by atoms with Gasteiger partial charge in [-0.15, -0.1) is 0 Å². The Balaban J connectivity index is 0.000000376. The second-order valence-electron chi connectivity index (χ2n) is 6.01. The molecule has 2 aliphatic heterocycles. The van der Waals surface area contributed by atoms with Crippen LogP contribution < -0.4 is 14.8 Å². The largest absolute Gasteiger partial charge is 0.504 e. The van der Waals surface area contributed by atoms with E-state index in [1.807, 2.05) is 0 Å². The van der Waals surface area contributed by atoms with E-state index in [9.17, 15) is 30.0 Å². The van der Waals surface area contributed by atoms with Crippen LogP contribution in [-0.4, -0.2) is 68.7 Å². The Morgan fingerprint density at radius 1 is 1.26 bits per heavy atom. The average molecular weight is 383 g/mol. The molecule has 1 amide bonds. The lowest BCUT2D eigenvalue weighted by Gasteiger charge is -2.39. The maximum atomic E-state index is 12.2. The number of hydrogen-bond acceptors (Lipinski definition) is 10. The Morgan fingerprint density at radius 3 is 2.56 bits per heavy atom. The van der Waals surface area contributed by atoms with E-state index in [1.54, 1.807) is 0 Å². The quantitative estimate of drug-likeness (QED) is 0.234. The van der Waals surface area contributed by atoms with Gasteiger partial charge in [-0.05, 0) is 17.7 Å². The predicted molar refractivity (Wildman–Crippen MR) is 85.9 cm³/mol. The minimum atomic E-state index is -1.40. The van der Waals surface area contributed by atoms with Gasteiger partial charge in [0.25, 0.3) is 5.91 Å². The fourth-order valence-corrected chi connectivity index (χ4v) is 3.09. The van der Waals surface area contributed by atoms with Gasteiger partial charge >= 0.3 is 5.97 Å². The van der Waals surface area contributed by atoms with Crippen molar-refractivity contribution in [2.75, 3.05) is 6.79 Å². The van der Waals surface area contributed by atoms with Crippen LogP contribution in [0.3, 0.4) is 0 Å². The summed E-state index contributed by atoms with van der Waals surface area (Å²) in [4.78, 5) is 24.7. The smallest absolute Gasteiger partial charge is 0.339 e. The van der Waals surface area contributed by atoms with Crippen molar-refractivity contribution in [3.63, 3.8) is 0 Å². The van der Waals surface area contributed by atoms with Crippen molar-refractivity contribution in [3.8, 4) is 17.2 Å². The number of carbonyl (C=O) groups is 2. The van der Waals surface area contributed by atoms with E-state index in [1.165, 1.54) is 12.1 Å². The standard InChI is InChI=1S/C14H13NO7.C2H4O3/c16-6-1-5-4-2-7-13(22-3-21-7)11(18)8(4)14(20)15-9(5)12(19)10(6)17;1-2(3)5-4/h1-2,6,9-10,12,16-19H,3H2,(H,15,20);4H,1H3/t6-,9+,10+,12-;/m0./s1. The van der Waals surface area contributed by atoms with Crippen LogP contribution in [0.4, 0.5) is 0 Å². The Labute approximate surface area is 151 Å². The summed E-state index contributed by atoms with van der Waals surface area (Å²) in [5.41, 5.74) is 0.733. The Bertz CT molecular complexity index is 820. The number of nitrogens with one attached hydrogen (secondary N) is 1. The van der Waals surface area contributed by atoms with Crippen LogP contribution in [0, 0.1) is 0 Å². The predicted octanol–water partition coefficient (Wildman–Crippen LogP) is -1.26. The topological polar surface area (TPSA) is 175 Å². The summed E-state index contributed by atoms with van der Waals surface area (Å²) in [6.07, 6.45) is -2.70. The lowest BCUT2D eigenvalue weighted by molar-refractivity contribution is -0.231. The molecule has 0 saturated heterocycles. The van der Waals surface area contributed by atoms with Crippen LogP contribution in [0.15, 0.2) is 12.1 Å². The van der Waals surface area contributed by atoms with Gasteiger partial charge in [-0.1, -0.05) is 0 Å². The monoisotopic (exact) mass is 383 g/mol. The highest BCUT2D eigenvalue weighted by atomic mass is 17.1. The maximum absolute atomic E-state index is 12.2. The molecule has 1 aromatic rings. The number of carbonyl (C=O) groups excluding carboxylic acids is 2. The number of amides is 1. The minimum Gasteiger partial charge on any atom is -0.504 e. The molecule has 0 bridgehead atoms. The van der Waals surface area contributed by atoms with Gasteiger partial charge in [0.2, 0.25) is 12.5 Å². The van der Waals surface area contributed by atoms with Crippen molar-refractivity contribution in [2.24, 2.45) is 0 Å². The molecule has 0 fully saturated rings. The van der Waals surface area contributed by atoms with Crippen molar-refractivity contribution in [1.82, 2.24) is 5.32 Å². The highest BCUT2D eigenvalue weighted by Gasteiger charge is 2.44. The van der Waals surface area contributed by atoms with Crippen LogP contribution in [0.5, 0.6) is 17.2 Å². The number of ether oxygens (including phenoxy) is 2. The Morgan fingerprint density at radius 2 is 1.93 bits per heavy atom. The molecule has 1 aliphatic carbocycles. The normalized spacial score (nSPS) is 27.3. The first-order chi connectivity index (χ1) is 12.8. The molecular formula is C16H17NO10. The molecule has 0 unspecified atom stereocenters. The van der Waals surface area contributed by atoms with E-state index in [0.29, 0.717) is 11.1 Å². The van der Waals surface area contributed by atoms with Gasteiger partial charge in [-0.3, -0.25) is 4.79 Å². The lowest BCUT2D eigenvalue weighted by Crippen LogP contribution is -2.57. The van der Waals surface area contributed by atoms with Crippen LogP contribution in [0.25, 0.3) is 5.57 Å². The number of phenols is 1. The summed E-state index contributed by atoms with van der Waals surface area (Å²) < 4.78 is 10.3. The summed E-state index contributed by atoms with van der Waals surface area (Å²) in [5.74, 6) is -1.27. The molecule has 0 saturated carbocycles. The number of aromatic hydroxyl groups is 1. The fraction of sp³-hybridized carbons (Fsp3) is 0.375. The van der Waals surface area contributed by atoms with E-state index in [4.69, 9.17) is 14.7 Å². The van der Waals surface area contributed by atoms with Gasteiger partial charge in [0, 0.05) is 12.5 Å². The van der Waals surface area contributed by atoms with Crippen molar-refractivity contribution in [1.29, 1.82) is 0 Å². The SMILES string of the molecule is CC(=O)OO.O=C1N[C@@H]2C(=C[C@H](O)[C@@H](O)[C@H]2O)c2cc3c(c(O)c21)OCO3. The molecule has 4 rings (SSSR count). The molecule has 0 radical (unpaired) electrons. The third-order valence-corrected chi connectivity index (χ3v) is 4.32. The number of hydrogen-bond donors (Lipinski definition) is 6. The van der Waals surface area contributed by atoms with Gasteiger partial charge in [0.15, 0.2) is 11.5 Å². The van der Waals surface area contributed by atoms with E-state index in [2.05, 4.69) is 10.2 Å². The van der Waals surface area contributed by atoms with Crippen molar-refractivity contribution in [2.45, 2.75) is 31.3 Å². The fourth-order valence-electron chi connectivity index (χ4n) is 3.09. The molecule has 0 spiro atoms. The first kappa shape index (κ1) is 18.9. The molecular weight excluding hydrogens is 366 g/mol. The van der Waals surface area contributed by atoms with Gasteiger partial charge in [-0.25, -0.2) is 4.79 Å². The van der Waals surface area contributed by atoms with E-state index in [-0.39, 0.29) is 29.6 Å². The number of phenolic OH excluding ortho intramolecular Hbond substituents is 1. The Hall–Kier alpha value is -2.86. The summed E-state index contributed by atoms with van der Waals surface area (Å²) >= 11 is 0. The van der Waals surface area contributed by atoms with Gasteiger partial charge in [0.05, 0.1) is 11.6 Å². The summed E-state index contributed by atoms with van der Waals surface area (Å²) in [6.45, 7) is 1.04. The molecule has 3 aliphatic rings. The number of rotatable bonds is 0. The Kier molecular flexibility index (Phi) is 4.93. The van der Waals surface area contributed by atoms with E-state index in [0.717, 1.165) is 6.92 Å². The molecule has 0 aromatic heterocycles. The number of benzene rings is 1. The van der Waals surface area contributed by atoms with Crippen LogP contribution in [0.2, 0.25) is 0 Å². The van der Waals surface area contributed by atoms with E-state index >= 15 is 0 Å². The third kappa shape index (κ3) is 3.17. The molecule has 11 nitrogen and oxygen atoms in total. The minimum absolute atomic E-state index is 0.0115. The zero-order valence-electron chi connectivity index (χ0n) is 13.9. The summed E-state index contributed by atoms with van der Waals surface area (Å²) in [7, 11) is 0. The molecule has 11 heteroatoms. The van der Waals surface area contributed by atoms with Gasteiger partial charge in [0.1, 0.15) is 18.3 Å². The van der Waals surface area contributed by atoms with Crippen molar-refractivity contribution >= 4 is 17.4 Å². The average Bonchev–Trinajstić information content (AvgIpc) is 3.10. The number of fused-ring (bicyclic) bond motifs is 4. The second-order valence-corrected chi connectivity index (χ2v) is 6.01. The molecule has 146 valence electrons. The summed E-state index contributed by atoms with van der Waals surface area (Å²) in [6, 6.07) is 0.643. The first-order valence-electron chi connectivity index (χ1n) is 7.81. The number of aliphatic hydroxyl groups excluding tert-OH is 3. The second kappa shape index (κ2) is 7.04. The maximum Gasteiger partial charge on any atom is 0.339 e. The van der Waals surface area contributed by atoms with Crippen molar-refractivity contribution < 1.29 is 49.6 Å². The van der Waals surface area contributed by atoms with E-state index < -0.39 is 36.2 Å². The molecule has 2 heterocycles. The van der Waals surface area contributed by atoms with Gasteiger partial charge in [-0.2, -0.15) is 5.26 Å². The molecule has 27 heavy (non-hydrogen) atoms.